The Labute approximate surface area is 119 Å². The Morgan fingerprint density at radius 1 is 1.37 bits per heavy atom. The minimum absolute atomic E-state index is 0.313. The van der Waals surface area contributed by atoms with Crippen LogP contribution in [0, 0.1) is 0 Å². The van der Waals surface area contributed by atoms with E-state index in [1.54, 1.807) is 6.07 Å². The molecule has 0 aliphatic carbocycles. The van der Waals surface area contributed by atoms with E-state index < -0.39 is 11.9 Å². The number of hydrogen-bond donors (Lipinski definition) is 0. The predicted octanol–water partition coefficient (Wildman–Crippen LogP) is 4.24. The van der Waals surface area contributed by atoms with Crippen molar-refractivity contribution < 1.29 is 13.2 Å². The van der Waals surface area contributed by atoms with Gasteiger partial charge in [0.2, 0.25) is 0 Å². The molecule has 2 heterocycles. The second kappa shape index (κ2) is 6.11. The molecular weight excluding hydrogens is 321 g/mol. The van der Waals surface area contributed by atoms with E-state index >= 15 is 0 Å². The average Bonchev–Trinajstić information content (AvgIpc) is 2.83. The first-order valence-electron chi connectivity index (χ1n) is 6.39. The van der Waals surface area contributed by atoms with Gasteiger partial charge in [0, 0.05) is 17.9 Å². The largest absolute Gasteiger partial charge is 0.433 e. The molecule has 1 saturated heterocycles. The van der Waals surface area contributed by atoms with Gasteiger partial charge in [0.25, 0.3) is 0 Å². The van der Waals surface area contributed by atoms with Gasteiger partial charge < -0.3 is 4.90 Å². The molecule has 0 aromatic carbocycles. The van der Waals surface area contributed by atoms with Gasteiger partial charge in [0.15, 0.2) is 0 Å². The van der Waals surface area contributed by atoms with Gasteiger partial charge in [0.1, 0.15) is 11.5 Å². The van der Waals surface area contributed by atoms with Crippen LogP contribution in [-0.2, 0) is 6.18 Å². The van der Waals surface area contributed by atoms with Gasteiger partial charge in [0.05, 0.1) is 0 Å². The fourth-order valence-electron chi connectivity index (χ4n) is 2.49. The van der Waals surface area contributed by atoms with Crippen molar-refractivity contribution >= 4 is 21.7 Å². The van der Waals surface area contributed by atoms with Gasteiger partial charge in [-0.2, -0.15) is 13.2 Å². The topological polar surface area (TPSA) is 16.1 Å². The molecule has 0 bridgehead atoms. The summed E-state index contributed by atoms with van der Waals surface area (Å²) in [5, 5.41) is 0.924. The van der Waals surface area contributed by atoms with Crippen LogP contribution < -0.4 is 4.90 Å². The van der Waals surface area contributed by atoms with Crippen molar-refractivity contribution in [2.75, 3.05) is 16.8 Å². The molecule has 1 aromatic heterocycles. The molecule has 19 heavy (non-hydrogen) atoms. The molecule has 0 N–H and O–H groups in total. The minimum atomic E-state index is -4.37. The second-order valence-corrected chi connectivity index (χ2v) is 5.49. The van der Waals surface area contributed by atoms with Crippen molar-refractivity contribution in [3.63, 3.8) is 0 Å². The van der Waals surface area contributed by atoms with Crippen LogP contribution in [0.25, 0.3) is 0 Å². The number of anilines is 1. The number of pyridine rings is 1. The van der Waals surface area contributed by atoms with Crippen LogP contribution in [-0.4, -0.2) is 22.9 Å². The molecular formula is C13H16BrF3N2. The van der Waals surface area contributed by atoms with E-state index in [0.29, 0.717) is 11.9 Å². The second-order valence-electron chi connectivity index (χ2n) is 4.70. The molecule has 1 aliphatic rings. The van der Waals surface area contributed by atoms with Gasteiger partial charge in [-0.3, -0.25) is 0 Å². The van der Waals surface area contributed by atoms with Crippen LogP contribution in [0.2, 0.25) is 0 Å². The SMILES string of the molecule is FC(F)(F)c1cccc(N2CCCC2CCCBr)n1. The van der Waals surface area contributed by atoms with E-state index in [4.69, 9.17) is 0 Å². The van der Waals surface area contributed by atoms with E-state index in [9.17, 15) is 13.2 Å². The Hall–Kier alpha value is -0.780. The Balaban J connectivity index is 2.16. The molecule has 2 rings (SSSR count). The first-order chi connectivity index (χ1) is 9.02. The smallest absolute Gasteiger partial charge is 0.354 e. The molecule has 0 saturated carbocycles. The summed E-state index contributed by atoms with van der Waals surface area (Å²) in [6, 6.07) is 4.44. The number of aromatic nitrogens is 1. The molecule has 0 amide bonds. The van der Waals surface area contributed by atoms with E-state index in [1.807, 2.05) is 4.90 Å². The summed E-state index contributed by atoms with van der Waals surface area (Å²) >= 11 is 3.39. The molecule has 0 radical (unpaired) electrons. The fourth-order valence-corrected chi connectivity index (χ4v) is 2.82. The lowest BCUT2D eigenvalue weighted by Crippen LogP contribution is -2.30. The van der Waals surface area contributed by atoms with Gasteiger partial charge in [-0.15, -0.1) is 0 Å². The number of halogens is 4. The summed E-state index contributed by atoms with van der Waals surface area (Å²) in [7, 11) is 0. The highest BCUT2D eigenvalue weighted by Gasteiger charge is 2.33. The first-order valence-corrected chi connectivity index (χ1v) is 7.51. The summed E-state index contributed by atoms with van der Waals surface area (Å²) in [5.41, 5.74) is -0.809. The summed E-state index contributed by atoms with van der Waals surface area (Å²) < 4.78 is 38.0. The maximum atomic E-state index is 12.7. The zero-order valence-electron chi connectivity index (χ0n) is 10.5. The van der Waals surface area contributed by atoms with E-state index in [1.165, 1.54) is 6.07 Å². The number of alkyl halides is 4. The Morgan fingerprint density at radius 3 is 2.84 bits per heavy atom. The number of rotatable bonds is 4. The summed E-state index contributed by atoms with van der Waals surface area (Å²) in [5.74, 6) is 0.451. The molecule has 6 heteroatoms. The molecule has 1 unspecified atom stereocenters. The highest BCUT2D eigenvalue weighted by atomic mass is 79.9. The Bertz CT molecular complexity index is 423. The van der Waals surface area contributed by atoms with Gasteiger partial charge in [-0.05, 0) is 37.8 Å². The van der Waals surface area contributed by atoms with Crippen molar-refractivity contribution in [3.05, 3.63) is 23.9 Å². The van der Waals surface area contributed by atoms with Crippen LogP contribution in [0.15, 0.2) is 18.2 Å². The van der Waals surface area contributed by atoms with E-state index in [-0.39, 0.29) is 0 Å². The summed E-state index contributed by atoms with van der Waals surface area (Å²) in [4.78, 5) is 5.79. The number of nitrogens with zero attached hydrogens (tertiary/aromatic N) is 2. The third kappa shape index (κ3) is 3.61. The van der Waals surface area contributed by atoms with E-state index in [2.05, 4.69) is 20.9 Å². The van der Waals surface area contributed by atoms with Crippen molar-refractivity contribution in [1.29, 1.82) is 0 Å². The normalized spacial score (nSPS) is 20.0. The van der Waals surface area contributed by atoms with Crippen molar-refractivity contribution in [3.8, 4) is 0 Å². The third-order valence-corrected chi connectivity index (χ3v) is 3.93. The van der Waals surface area contributed by atoms with Crippen LogP contribution in [0.4, 0.5) is 19.0 Å². The molecule has 0 spiro atoms. The van der Waals surface area contributed by atoms with E-state index in [0.717, 1.165) is 43.6 Å². The molecule has 106 valence electrons. The van der Waals surface area contributed by atoms with Crippen LogP contribution in [0.5, 0.6) is 0 Å². The standard InChI is InChI=1S/C13H16BrF3N2/c14-8-2-4-10-5-3-9-19(10)12-7-1-6-11(18-12)13(15,16)17/h1,6-7,10H,2-5,8-9H2. The zero-order chi connectivity index (χ0) is 13.9. The Morgan fingerprint density at radius 2 is 2.16 bits per heavy atom. The monoisotopic (exact) mass is 336 g/mol. The van der Waals surface area contributed by atoms with Crippen LogP contribution in [0.3, 0.4) is 0 Å². The number of hydrogen-bond acceptors (Lipinski definition) is 2. The zero-order valence-corrected chi connectivity index (χ0v) is 12.0. The third-order valence-electron chi connectivity index (χ3n) is 3.37. The highest BCUT2D eigenvalue weighted by molar-refractivity contribution is 9.09. The molecule has 1 aliphatic heterocycles. The maximum absolute atomic E-state index is 12.7. The Kier molecular flexibility index (Phi) is 4.71. The van der Waals surface area contributed by atoms with Gasteiger partial charge in [-0.1, -0.05) is 22.0 Å². The minimum Gasteiger partial charge on any atom is -0.354 e. The van der Waals surface area contributed by atoms with Crippen molar-refractivity contribution in [2.45, 2.75) is 37.9 Å². The molecule has 1 fully saturated rings. The quantitative estimate of drug-likeness (QED) is 0.764. The summed E-state index contributed by atoms with van der Waals surface area (Å²) in [6.45, 7) is 0.793. The van der Waals surface area contributed by atoms with Crippen LogP contribution >= 0.6 is 15.9 Å². The average molecular weight is 337 g/mol. The molecule has 2 nitrogen and oxygen atoms in total. The summed E-state index contributed by atoms with van der Waals surface area (Å²) in [6.07, 6.45) is -0.305. The van der Waals surface area contributed by atoms with Crippen LogP contribution in [0.1, 0.15) is 31.4 Å². The molecule has 1 aromatic rings. The van der Waals surface area contributed by atoms with Crippen molar-refractivity contribution in [2.24, 2.45) is 0 Å². The maximum Gasteiger partial charge on any atom is 0.433 e. The lowest BCUT2D eigenvalue weighted by molar-refractivity contribution is -0.141. The first kappa shape index (κ1) is 14.6. The predicted molar refractivity (Wildman–Crippen MR) is 72.6 cm³/mol. The lowest BCUT2D eigenvalue weighted by Gasteiger charge is -2.26. The molecule has 1 atom stereocenters. The highest BCUT2D eigenvalue weighted by Crippen LogP contribution is 2.31. The van der Waals surface area contributed by atoms with Gasteiger partial charge >= 0.3 is 6.18 Å². The van der Waals surface area contributed by atoms with Crippen molar-refractivity contribution in [1.82, 2.24) is 4.98 Å². The van der Waals surface area contributed by atoms with Gasteiger partial charge in [-0.25, -0.2) is 4.98 Å². The lowest BCUT2D eigenvalue weighted by atomic mass is 10.1. The fraction of sp³-hybridized carbons (Fsp3) is 0.615.